The highest BCUT2D eigenvalue weighted by Gasteiger charge is 2.78. The minimum absolute atomic E-state index is 0.0824. The molecule has 5 nitrogen and oxygen atoms in total. The molecule has 27 heavy (non-hydrogen) atoms. The summed E-state index contributed by atoms with van der Waals surface area (Å²) in [5.41, 5.74) is 0.303. The van der Waals surface area contributed by atoms with Crippen LogP contribution in [-0.4, -0.2) is 23.6 Å². The number of ether oxygens (including phenoxy) is 2. The van der Waals surface area contributed by atoms with Gasteiger partial charge in [-0.15, -0.1) is 0 Å². The van der Waals surface area contributed by atoms with Crippen LogP contribution >= 0.6 is 0 Å². The Morgan fingerprint density at radius 2 is 1.63 bits per heavy atom. The fourth-order valence-electron chi connectivity index (χ4n) is 4.48. The topological polar surface area (TPSA) is 55.8 Å². The van der Waals surface area contributed by atoms with Gasteiger partial charge in [0.2, 0.25) is 5.60 Å². The first-order chi connectivity index (χ1) is 12.8. The van der Waals surface area contributed by atoms with Crippen molar-refractivity contribution >= 4 is 17.4 Å². The van der Waals surface area contributed by atoms with E-state index in [1.807, 2.05) is 68.4 Å². The van der Waals surface area contributed by atoms with Crippen molar-refractivity contribution in [1.29, 1.82) is 0 Å². The smallest absolute Gasteiger partial charge is 0.267 e. The molecule has 3 atom stereocenters. The lowest BCUT2D eigenvalue weighted by atomic mass is 9.73. The van der Waals surface area contributed by atoms with Crippen LogP contribution < -0.4 is 4.90 Å². The van der Waals surface area contributed by atoms with Gasteiger partial charge in [-0.2, -0.15) is 0 Å². The molecule has 0 unspecified atom stereocenters. The van der Waals surface area contributed by atoms with E-state index in [0.29, 0.717) is 12.1 Å². The van der Waals surface area contributed by atoms with Crippen molar-refractivity contribution < 1.29 is 19.1 Å². The molecule has 3 aliphatic heterocycles. The first-order valence-corrected chi connectivity index (χ1v) is 9.19. The van der Waals surface area contributed by atoms with Gasteiger partial charge in [0.25, 0.3) is 5.91 Å². The standard InChI is InChI=1S/C22H21NO4/c1-20(2)17(24)18-22(27-21(20,3)26-18)15-11-7-8-12-16(15)23(19(22)25)13-14-9-5-4-6-10-14/h4-12,18H,13H2,1-3H3/t18-,21-,22+/m1/s1. The molecule has 0 saturated carbocycles. The van der Waals surface area contributed by atoms with E-state index in [1.54, 1.807) is 11.8 Å². The van der Waals surface area contributed by atoms with Gasteiger partial charge >= 0.3 is 0 Å². The van der Waals surface area contributed by atoms with E-state index in [4.69, 9.17) is 9.47 Å². The van der Waals surface area contributed by atoms with Crippen molar-refractivity contribution in [3.8, 4) is 0 Å². The van der Waals surface area contributed by atoms with E-state index in [-0.39, 0.29) is 11.7 Å². The Balaban J connectivity index is 1.64. The predicted octanol–water partition coefficient (Wildman–Crippen LogP) is 3.17. The monoisotopic (exact) mass is 363 g/mol. The molecule has 0 aliphatic carbocycles. The number of amides is 1. The first-order valence-electron chi connectivity index (χ1n) is 9.19. The molecule has 0 radical (unpaired) electrons. The Morgan fingerprint density at radius 1 is 0.963 bits per heavy atom. The molecule has 5 heteroatoms. The molecule has 3 heterocycles. The SMILES string of the molecule is CC1(C)C(=O)[C@H]2O[C@]1(C)O[C@]21C(=O)N(Cc2ccccc2)c2ccccc21. The highest BCUT2D eigenvalue weighted by Crippen LogP contribution is 2.62. The third-order valence-corrected chi connectivity index (χ3v) is 6.40. The van der Waals surface area contributed by atoms with E-state index in [0.717, 1.165) is 11.3 Å². The Labute approximate surface area is 157 Å². The van der Waals surface area contributed by atoms with Gasteiger partial charge in [0, 0.05) is 5.56 Å². The summed E-state index contributed by atoms with van der Waals surface area (Å²) in [6.45, 7) is 5.81. The molecule has 2 fully saturated rings. The van der Waals surface area contributed by atoms with Crippen LogP contribution in [-0.2, 0) is 31.2 Å². The van der Waals surface area contributed by atoms with E-state index in [2.05, 4.69) is 0 Å². The van der Waals surface area contributed by atoms with Crippen LogP contribution in [0, 0.1) is 5.41 Å². The second-order valence-electron chi connectivity index (χ2n) is 8.16. The van der Waals surface area contributed by atoms with Crippen LogP contribution in [0.4, 0.5) is 5.69 Å². The average molecular weight is 363 g/mol. The summed E-state index contributed by atoms with van der Waals surface area (Å²) >= 11 is 0. The molecule has 2 bridgehead atoms. The lowest BCUT2D eigenvalue weighted by molar-refractivity contribution is -0.222. The molecule has 2 saturated heterocycles. The molecule has 2 aromatic rings. The van der Waals surface area contributed by atoms with E-state index in [9.17, 15) is 9.59 Å². The number of hydrogen-bond donors (Lipinski definition) is 0. The van der Waals surface area contributed by atoms with Crippen molar-refractivity contribution in [2.24, 2.45) is 5.41 Å². The van der Waals surface area contributed by atoms with Crippen LogP contribution in [0.5, 0.6) is 0 Å². The number of Topliss-reactive ketones (excluding diaryl/α,β-unsaturated/α-hetero) is 1. The first kappa shape index (κ1) is 16.7. The quantitative estimate of drug-likeness (QED) is 0.822. The van der Waals surface area contributed by atoms with Gasteiger partial charge in [-0.25, -0.2) is 0 Å². The fraction of sp³-hybridized carbons (Fsp3) is 0.364. The van der Waals surface area contributed by atoms with E-state index >= 15 is 0 Å². The van der Waals surface area contributed by atoms with Gasteiger partial charge in [0.15, 0.2) is 17.7 Å². The second kappa shape index (κ2) is 5.06. The largest absolute Gasteiger partial charge is 0.334 e. The normalized spacial score (nSPS) is 33.1. The lowest BCUT2D eigenvalue weighted by Gasteiger charge is -2.40. The predicted molar refractivity (Wildman–Crippen MR) is 98.9 cm³/mol. The molecule has 138 valence electrons. The number of anilines is 1. The Bertz CT molecular complexity index is 969. The molecule has 5 rings (SSSR count). The van der Waals surface area contributed by atoms with Crippen molar-refractivity contribution in [3.63, 3.8) is 0 Å². The third kappa shape index (κ3) is 1.86. The van der Waals surface area contributed by atoms with Gasteiger partial charge in [0.05, 0.1) is 17.6 Å². The molecular formula is C22H21NO4. The van der Waals surface area contributed by atoms with Crippen molar-refractivity contribution in [2.45, 2.75) is 44.8 Å². The summed E-state index contributed by atoms with van der Waals surface area (Å²) in [6.07, 6.45) is -0.924. The number of carbonyl (C=O) groups excluding carboxylic acids is 2. The minimum atomic E-state index is -1.40. The van der Waals surface area contributed by atoms with Gasteiger partial charge in [0.1, 0.15) is 0 Å². The van der Waals surface area contributed by atoms with Crippen LogP contribution in [0.15, 0.2) is 54.6 Å². The zero-order chi connectivity index (χ0) is 19.0. The summed E-state index contributed by atoms with van der Waals surface area (Å²) in [7, 11) is 0. The number of fused-ring (bicyclic) bond motifs is 5. The molecule has 0 aromatic heterocycles. The summed E-state index contributed by atoms with van der Waals surface area (Å²) < 4.78 is 12.4. The van der Waals surface area contributed by atoms with Gasteiger partial charge in [-0.1, -0.05) is 48.5 Å². The summed E-state index contributed by atoms with van der Waals surface area (Å²) in [4.78, 5) is 28.5. The number of rotatable bonds is 2. The van der Waals surface area contributed by atoms with Crippen LogP contribution in [0.3, 0.4) is 0 Å². The second-order valence-corrected chi connectivity index (χ2v) is 8.16. The van der Waals surface area contributed by atoms with Crippen molar-refractivity contribution in [3.05, 3.63) is 65.7 Å². The fourth-order valence-corrected chi connectivity index (χ4v) is 4.48. The molecule has 1 spiro atoms. The van der Waals surface area contributed by atoms with Gasteiger partial charge in [-0.05, 0) is 32.4 Å². The van der Waals surface area contributed by atoms with Gasteiger partial charge < -0.3 is 14.4 Å². The lowest BCUT2D eigenvalue weighted by Crippen LogP contribution is -2.58. The number of ketones is 1. The number of benzene rings is 2. The molecule has 2 aromatic carbocycles. The summed E-state index contributed by atoms with van der Waals surface area (Å²) in [5, 5.41) is 0. The number of nitrogens with zero attached hydrogens (tertiary/aromatic N) is 1. The van der Waals surface area contributed by atoms with Crippen LogP contribution in [0.2, 0.25) is 0 Å². The Kier molecular flexibility index (Phi) is 3.12. The van der Waals surface area contributed by atoms with Crippen LogP contribution in [0.25, 0.3) is 0 Å². The molecular weight excluding hydrogens is 342 g/mol. The minimum Gasteiger partial charge on any atom is -0.334 e. The van der Waals surface area contributed by atoms with Gasteiger partial charge in [-0.3, -0.25) is 9.59 Å². The van der Waals surface area contributed by atoms with Crippen LogP contribution in [0.1, 0.15) is 31.9 Å². The van der Waals surface area contributed by atoms with Crippen molar-refractivity contribution in [2.75, 3.05) is 4.90 Å². The molecule has 3 aliphatic rings. The summed E-state index contributed by atoms with van der Waals surface area (Å²) in [6, 6.07) is 17.3. The number of carbonyl (C=O) groups is 2. The highest BCUT2D eigenvalue weighted by molar-refractivity contribution is 6.12. The average Bonchev–Trinajstić information content (AvgIpc) is 3.17. The Morgan fingerprint density at radius 3 is 2.30 bits per heavy atom. The van der Waals surface area contributed by atoms with E-state index < -0.39 is 22.9 Å². The highest BCUT2D eigenvalue weighted by atomic mass is 16.8. The number of hydrogen-bond acceptors (Lipinski definition) is 4. The maximum atomic E-state index is 13.6. The number of para-hydroxylation sites is 1. The van der Waals surface area contributed by atoms with Crippen molar-refractivity contribution in [1.82, 2.24) is 0 Å². The maximum absolute atomic E-state index is 13.6. The molecule has 0 N–H and O–H groups in total. The van der Waals surface area contributed by atoms with E-state index in [1.165, 1.54) is 0 Å². The third-order valence-electron chi connectivity index (χ3n) is 6.40. The Hall–Kier alpha value is -2.50. The maximum Gasteiger partial charge on any atom is 0.267 e. The zero-order valence-corrected chi connectivity index (χ0v) is 15.6. The molecule has 1 amide bonds. The zero-order valence-electron chi connectivity index (χ0n) is 15.6. The summed E-state index contributed by atoms with van der Waals surface area (Å²) in [5.74, 6) is -1.44.